The molecule has 0 bridgehead atoms. The van der Waals surface area contributed by atoms with E-state index in [9.17, 15) is 0 Å². The Morgan fingerprint density at radius 1 is 1.00 bits per heavy atom. The Morgan fingerprint density at radius 2 is 1.76 bits per heavy atom. The highest BCUT2D eigenvalue weighted by atomic mass is 32.1. The molecule has 3 aromatic rings. The summed E-state index contributed by atoms with van der Waals surface area (Å²) in [6.07, 6.45) is 3.67. The molecule has 0 unspecified atom stereocenters. The van der Waals surface area contributed by atoms with Crippen LogP contribution in [0.2, 0.25) is 0 Å². The maximum Gasteiger partial charge on any atom is 0.175 e. The van der Waals surface area contributed by atoms with Crippen LogP contribution in [0.1, 0.15) is 25.0 Å². The molecule has 6 nitrogen and oxygen atoms in total. The van der Waals surface area contributed by atoms with E-state index in [-0.39, 0.29) is 0 Å². The fraction of sp³-hybridized carbons (Fsp3) is 0.273. The van der Waals surface area contributed by atoms with Gasteiger partial charge in [0.15, 0.2) is 16.6 Å². The van der Waals surface area contributed by atoms with E-state index in [1.165, 1.54) is 5.56 Å². The number of nitrogens with zero attached hydrogens (tertiary/aromatic N) is 2. The number of rotatable bonds is 8. The Labute approximate surface area is 176 Å². The van der Waals surface area contributed by atoms with Crippen LogP contribution in [0.5, 0.6) is 11.5 Å². The third-order valence-electron chi connectivity index (χ3n) is 4.12. The van der Waals surface area contributed by atoms with Gasteiger partial charge in [-0.3, -0.25) is 4.68 Å². The van der Waals surface area contributed by atoms with Gasteiger partial charge in [-0.2, -0.15) is 5.10 Å². The van der Waals surface area contributed by atoms with Crippen LogP contribution in [-0.2, 0) is 6.54 Å². The molecule has 7 heteroatoms. The molecule has 2 aromatic carbocycles. The Kier molecular flexibility index (Phi) is 7.08. The van der Waals surface area contributed by atoms with Crippen molar-refractivity contribution in [2.24, 2.45) is 0 Å². The molecule has 0 saturated heterocycles. The molecular formula is C22H26N4O2S. The maximum absolute atomic E-state index is 5.70. The number of nitrogens with one attached hydrogen (secondary N) is 2. The standard InChI is InChI=1S/C22H26N4O2S/c1-4-27-20-10-9-17(12-21(20)28-5-2)14-26-15-19(13-23-26)25-22(29)24-18-8-6-7-16(3)11-18/h6-13,15H,4-5,14H2,1-3H3,(H2,24,25,29). The smallest absolute Gasteiger partial charge is 0.175 e. The highest BCUT2D eigenvalue weighted by molar-refractivity contribution is 7.80. The minimum Gasteiger partial charge on any atom is -0.490 e. The molecular weight excluding hydrogens is 384 g/mol. The van der Waals surface area contributed by atoms with Crippen LogP contribution in [-0.4, -0.2) is 28.1 Å². The van der Waals surface area contributed by atoms with Gasteiger partial charge in [0.25, 0.3) is 0 Å². The first kappa shape index (κ1) is 20.7. The fourth-order valence-corrected chi connectivity index (χ4v) is 3.15. The summed E-state index contributed by atoms with van der Waals surface area (Å²) in [7, 11) is 0. The SMILES string of the molecule is CCOc1ccc(Cn2cc(NC(=S)Nc3cccc(C)c3)cn2)cc1OCC. The average Bonchev–Trinajstić information content (AvgIpc) is 3.11. The third kappa shape index (κ3) is 5.96. The summed E-state index contributed by atoms with van der Waals surface area (Å²) >= 11 is 5.40. The molecule has 3 rings (SSSR count). The van der Waals surface area contributed by atoms with Gasteiger partial charge in [-0.1, -0.05) is 18.2 Å². The van der Waals surface area contributed by atoms with E-state index >= 15 is 0 Å². The minimum absolute atomic E-state index is 0.523. The number of hydrogen-bond donors (Lipinski definition) is 2. The number of ether oxygens (including phenoxy) is 2. The average molecular weight is 411 g/mol. The van der Waals surface area contributed by atoms with Crippen molar-refractivity contribution in [3.8, 4) is 11.5 Å². The van der Waals surface area contributed by atoms with Crippen molar-refractivity contribution in [2.45, 2.75) is 27.3 Å². The van der Waals surface area contributed by atoms with Crippen molar-refractivity contribution >= 4 is 28.7 Å². The van der Waals surface area contributed by atoms with Gasteiger partial charge in [0.2, 0.25) is 0 Å². The van der Waals surface area contributed by atoms with Crippen LogP contribution in [0.25, 0.3) is 0 Å². The molecule has 152 valence electrons. The van der Waals surface area contributed by atoms with E-state index < -0.39 is 0 Å². The first-order valence-corrected chi connectivity index (χ1v) is 10.0. The van der Waals surface area contributed by atoms with Crippen LogP contribution < -0.4 is 20.1 Å². The number of aryl methyl sites for hydroxylation is 1. The van der Waals surface area contributed by atoms with Crippen LogP contribution in [0.3, 0.4) is 0 Å². The van der Waals surface area contributed by atoms with Gasteiger partial charge in [0.1, 0.15) is 0 Å². The first-order valence-electron chi connectivity index (χ1n) is 9.63. The number of aromatic nitrogens is 2. The van der Waals surface area contributed by atoms with Crippen molar-refractivity contribution in [3.05, 3.63) is 66.0 Å². The highest BCUT2D eigenvalue weighted by Crippen LogP contribution is 2.29. The van der Waals surface area contributed by atoms with E-state index in [1.54, 1.807) is 6.20 Å². The van der Waals surface area contributed by atoms with Gasteiger partial charge < -0.3 is 20.1 Å². The Morgan fingerprint density at radius 3 is 2.52 bits per heavy atom. The molecule has 0 saturated carbocycles. The summed E-state index contributed by atoms with van der Waals surface area (Å²) in [4.78, 5) is 0. The summed E-state index contributed by atoms with van der Waals surface area (Å²) in [5.41, 5.74) is 4.03. The van der Waals surface area contributed by atoms with E-state index in [0.29, 0.717) is 24.9 Å². The Bertz CT molecular complexity index is 971. The van der Waals surface area contributed by atoms with Crippen LogP contribution in [0.15, 0.2) is 54.9 Å². The van der Waals surface area contributed by atoms with E-state index in [1.807, 2.05) is 74.1 Å². The number of hydrogen-bond acceptors (Lipinski definition) is 4. The summed E-state index contributed by atoms with van der Waals surface area (Å²) in [5, 5.41) is 11.3. The monoisotopic (exact) mass is 410 g/mol. The summed E-state index contributed by atoms with van der Waals surface area (Å²) in [5.74, 6) is 1.51. The second-order valence-electron chi connectivity index (χ2n) is 6.52. The number of thiocarbonyl (C=S) groups is 1. The molecule has 0 aliphatic heterocycles. The molecule has 1 heterocycles. The largest absolute Gasteiger partial charge is 0.490 e. The molecule has 0 radical (unpaired) electrons. The topological polar surface area (TPSA) is 60.3 Å². The van der Waals surface area contributed by atoms with Gasteiger partial charge in [-0.15, -0.1) is 0 Å². The van der Waals surface area contributed by atoms with Gasteiger partial charge in [0, 0.05) is 11.9 Å². The highest BCUT2D eigenvalue weighted by Gasteiger charge is 2.08. The second kappa shape index (κ2) is 9.93. The molecule has 0 spiro atoms. The number of benzene rings is 2. The summed E-state index contributed by atoms with van der Waals surface area (Å²) in [6, 6.07) is 14.0. The van der Waals surface area contributed by atoms with E-state index in [2.05, 4.69) is 15.7 Å². The lowest BCUT2D eigenvalue weighted by molar-refractivity contribution is 0.287. The van der Waals surface area contributed by atoms with Crippen molar-refractivity contribution in [2.75, 3.05) is 23.8 Å². The number of anilines is 2. The zero-order valence-corrected chi connectivity index (χ0v) is 17.8. The van der Waals surface area contributed by atoms with Gasteiger partial charge >= 0.3 is 0 Å². The van der Waals surface area contributed by atoms with Crippen molar-refractivity contribution in [3.63, 3.8) is 0 Å². The zero-order valence-electron chi connectivity index (χ0n) is 16.9. The van der Waals surface area contributed by atoms with Gasteiger partial charge in [-0.05, 0) is 68.4 Å². The molecule has 2 N–H and O–H groups in total. The lowest BCUT2D eigenvalue weighted by Gasteiger charge is -2.12. The van der Waals surface area contributed by atoms with Gasteiger partial charge in [0.05, 0.1) is 31.6 Å². The predicted octanol–water partition coefficient (Wildman–Crippen LogP) is 4.85. The molecule has 1 aromatic heterocycles. The van der Waals surface area contributed by atoms with Gasteiger partial charge in [-0.25, -0.2) is 0 Å². The molecule has 0 aliphatic carbocycles. The third-order valence-corrected chi connectivity index (χ3v) is 4.32. The zero-order chi connectivity index (χ0) is 20.6. The lowest BCUT2D eigenvalue weighted by Crippen LogP contribution is -2.18. The first-order chi connectivity index (χ1) is 14.1. The fourth-order valence-electron chi connectivity index (χ4n) is 2.91. The Hall–Kier alpha value is -3.06. The van der Waals surface area contributed by atoms with Crippen LogP contribution in [0.4, 0.5) is 11.4 Å². The maximum atomic E-state index is 5.70. The molecule has 29 heavy (non-hydrogen) atoms. The van der Waals surface area contributed by atoms with Crippen molar-refractivity contribution in [1.82, 2.24) is 9.78 Å². The van der Waals surface area contributed by atoms with E-state index in [0.717, 1.165) is 28.4 Å². The second-order valence-corrected chi connectivity index (χ2v) is 6.93. The minimum atomic E-state index is 0.523. The van der Waals surface area contributed by atoms with Crippen molar-refractivity contribution in [1.29, 1.82) is 0 Å². The normalized spacial score (nSPS) is 10.4. The molecule has 0 fully saturated rings. The summed E-state index contributed by atoms with van der Waals surface area (Å²) in [6.45, 7) is 7.77. The van der Waals surface area contributed by atoms with Crippen LogP contribution in [0, 0.1) is 6.92 Å². The summed E-state index contributed by atoms with van der Waals surface area (Å²) < 4.78 is 13.2. The molecule has 0 atom stereocenters. The molecule has 0 amide bonds. The van der Waals surface area contributed by atoms with Crippen molar-refractivity contribution < 1.29 is 9.47 Å². The van der Waals surface area contributed by atoms with Crippen LogP contribution >= 0.6 is 12.2 Å². The Balaban J connectivity index is 1.62. The lowest BCUT2D eigenvalue weighted by atomic mass is 10.2. The quantitative estimate of drug-likeness (QED) is 0.518. The predicted molar refractivity (Wildman–Crippen MR) is 121 cm³/mol. The van der Waals surface area contributed by atoms with E-state index in [4.69, 9.17) is 21.7 Å². The molecule has 0 aliphatic rings.